The zero-order valence-electron chi connectivity index (χ0n) is 14.9. The summed E-state index contributed by atoms with van der Waals surface area (Å²) in [5.74, 6) is 0.648. The van der Waals surface area contributed by atoms with Crippen molar-refractivity contribution in [1.29, 1.82) is 0 Å². The number of hydrogen-bond donors (Lipinski definition) is 1. The van der Waals surface area contributed by atoms with Crippen LogP contribution in [0.15, 0.2) is 54.6 Å². The third-order valence-corrected chi connectivity index (χ3v) is 3.88. The highest BCUT2D eigenvalue weighted by molar-refractivity contribution is 5.90. The molecule has 2 rings (SSSR count). The summed E-state index contributed by atoms with van der Waals surface area (Å²) < 4.78 is 10.4. The molecule has 0 aromatic heterocycles. The van der Waals surface area contributed by atoms with Crippen LogP contribution >= 0.6 is 0 Å². The lowest BCUT2D eigenvalue weighted by Crippen LogP contribution is -2.35. The SMILES string of the molecule is COCCCCN(Cc1ccccc1)C(=O)Nc1ccccc1OC. The van der Waals surface area contributed by atoms with E-state index in [1.807, 2.05) is 59.5 Å². The van der Waals surface area contributed by atoms with E-state index in [0.717, 1.165) is 18.4 Å². The van der Waals surface area contributed by atoms with E-state index in [2.05, 4.69) is 5.32 Å². The zero-order valence-corrected chi connectivity index (χ0v) is 14.9. The average Bonchev–Trinajstić information content (AvgIpc) is 2.65. The summed E-state index contributed by atoms with van der Waals surface area (Å²) in [6.07, 6.45) is 1.81. The Morgan fingerprint density at radius 1 is 1.00 bits per heavy atom. The third kappa shape index (κ3) is 6.12. The van der Waals surface area contributed by atoms with E-state index >= 15 is 0 Å². The van der Waals surface area contributed by atoms with Gasteiger partial charge in [-0.2, -0.15) is 0 Å². The van der Waals surface area contributed by atoms with Crippen LogP contribution < -0.4 is 10.1 Å². The fourth-order valence-electron chi connectivity index (χ4n) is 2.55. The summed E-state index contributed by atoms with van der Waals surface area (Å²) >= 11 is 0. The molecule has 25 heavy (non-hydrogen) atoms. The first kappa shape index (κ1) is 18.8. The van der Waals surface area contributed by atoms with Crippen molar-refractivity contribution < 1.29 is 14.3 Å². The Morgan fingerprint density at radius 2 is 1.72 bits per heavy atom. The van der Waals surface area contributed by atoms with Crippen molar-refractivity contribution in [3.05, 3.63) is 60.2 Å². The molecule has 0 aliphatic heterocycles. The van der Waals surface area contributed by atoms with Crippen molar-refractivity contribution in [3.63, 3.8) is 0 Å². The molecular formula is C20H26N2O3. The van der Waals surface area contributed by atoms with Crippen molar-refractivity contribution in [2.24, 2.45) is 0 Å². The van der Waals surface area contributed by atoms with Gasteiger partial charge in [0.1, 0.15) is 5.75 Å². The summed E-state index contributed by atoms with van der Waals surface area (Å²) in [6.45, 7) is 1.93. The minimum Gasteiger partial charge on any atom is -0.495 e. The summed E-state index contributed by atoms with van der Waals surface area (Å²) in [7, 11) is 3.29. The first-order valence-corrected chi connectivity index (χ1v) is 8.46. The molecule has 0 fully saturated rings. The van der Waals surface area contributed by atoms with Crippen LogP contribution in [0.25, 0.3) is 0 Å². The maximum atomic E-state index is 12.8. The molecule has 0 heterocycles. The molecule has 2 aromatic carbocycles. The van der Waals surface area contributed by atoms with Crippen molar-refractivity contribution in [2.45, 2.75) is 19.4 Å². The fraction of sp³-hybridized carbons (Fsp3) is 0.350. The number of urea groups is 1. The van der Waals surface area contributed by atoms with Crippen molar-refractivity contribution in [2.75, 3.05) is 32.7 Å². The topological polar surface area (TPSA) is 50.8 Å². The first-order valence-electron chi connectivity index (χ1n) is 8.46. The Labute approximate surface area is 149 Å². The maximum Gasteiger partial charge on any atom is 0.322 e. The number of amides is 2. The Hall–Kier alpha value is -2.53. The van der Waals surface area contributed by atoms with Gasteiger partial charge in [0.05, 0.1) is 12.8 Å². The standard InChI is InChI=1S/C20H26N2O3/c1-24-15-9-8-14-22(16-17-10-4-3-5-11-17)20(23)21-18-12-6-7-13-19(18)25-2/h3-7,10-13H,8-9,14-16H2,1-2H3,(H,21,23). The highest BCUT2D eigenvalue weighted by Crippen LogP contribution is 2.23. The van der Waals surface area contributed by atoms with E-state index in [9.17, 15) is 4.79 Å². The lowest BCUT2D eigenvalue weighted by atomic mass is 10.2. The van der Waals surface area contributed by atoms with Gasteiger partial charge in [0.2, 0.25) is 0 Å². The molecule has 0 unspecified atom stereocenters. The van der Waals surface area contributed by atoms with Gasteiger partial charge in [-0.05, 0) is 30.5 Å². The lowest BCUT2D eigenvalue weighted by Gasteiger charge is -2.24. The Balaban J connectivity index is 2.05. The number of nitrogens with one attached hydrogen (secondary N) is 1. The van der Waals surface area contributed by atoms with E-state index in [1.165, 1.54) is 0 Å². The highest BCUT2D eigenvalue weighted by atomic mass is 16.5. The molecule has 0 aliphatic rings. The van der Waals surface area contributed by atoms with Crippen LogP contribution in [-0.4, -0.2) is 38.3 Å². The van der Waals surface area contributed by atoms with Gasteiger partial charge in [-0.15, -0.1) is 0 Å². The molecule has 5 heteroatoms. The Morgan fingerprint density at radius 3 is 2.44 bits per heavy atom. The van der Waals surface area contributed by atoms with Gasteiger partial charge >= 0.3 is 6.03 Å². The molecule has 2 aromatic rings. The van der Waals surface area contributed by atoms with E-state index in [1.54, 1.807) is 14.2 Å². The molecule has 0 atom stereocenters. The average molecular weight is 342 g/mol. The summed E-state index contributed by atoms with van der Waals surface area (Å²) in [5, 5.41) is 2.95. The quantitative estimate of drug-likeness (QED) is 0.696. The van der Waals surface area contributed by atoms with Crippen LogP contribution in [0.2, 0.25) is 0 Å². The molecule has 1 N–H and O–H groups in total. The summed E-state index contributed by atoms with van der Waals surface area (Å²) in [6, 6.07) is 17.3. The molecule has 0 aliphatic carbocycles. The monoisotopic (exact) mass is 342 g/mol. The van der Waals surface area contributed by atoms with Gasteiger partial charge in [-0.25, -0.2) is 4.79 Å². The number of rotatable bonds is 9. The minimum absolute atomic E-state index is 0.134. The molecular weight excluding hydrogens is 316 g/mol. The van der Waals surface area contributed by atoms with E-state index in [4.69, 9.17) is 9.47 Å². The van der Waals surface area contributed by atoms with Gasteiger partial charge in [0.25, 0.3) is 0 Å². The number of para-hydroxylation sites is 2. The van der Waals surface area contributed by atoms with Crippen LogP contribution in [0.3, 0.4) is 0 Å². The van der Waals surface area contributed by atoms with Crippen molar-refractivity contribution in [1.82, 2.24) is 4.90 Å². The lowest BCUT2D eigenvalue weighted by molar-refractivity contribution is 0.182. The normalized spacial score (nSPS) is 10.3. The van der Waals surface area contributed by atoms with Crippen LogP contribution in [0.5, 0.6) is 5.75 Å². The number of anilines is 1. The molecule has 0 bridgehead atoms. The molecule has 0 saturated carbocycles. The van der Waals surface area contributed by atoms with E-state index < -0.39 is 0 Å². The van der Waals surface area contributed by atoms with E-state index in [0.29, 0.717) is 31.1 Å². The molecule has 0 saturated heterocycles. The van der Waals surface area contributed by atoms with Gasteiger partial charge < -0.3 is 19.7 Å². The Bertz CT molecular complexity index is 646. The van der Waals surface area contributed by atoms with Crippen LogP contribution in [0.1, 0.15) is 18.4 Å². The van der Waals surface area contributed by atoms with Gasteiger partial charge in [-0.3, -0.25) is 0 Å². The smallest absolute Gasteiger partial charge is 0.322 e. The minimum atomic E-state index is -0.134. The maximum absolute atomic E-state index is 12.8. The van der Waals surface area contributed by atoms with Gasteiger partial charge in [0.15, 0.2) is 0 Å². The van der Waals surface area contributed by atoms with Gasteiger partial charge in [0, 0.05) is 26.8 Å². The largest absolute Gasteiger partial charge is 0.495 e. The molecule has 5 nitrogen and oxygen atoms in total. The molecule has 134 valence electrons. The molecule has 2 amide bonds. The second-order valence-electron chi connectivity index (χ2n) is 5.74. The number of hydrogen-bond acceptors (Lipinski definition) is 3. The van der Waals surface area contributed by atoms with Gasteiger partial charge in [-0.1, -0.05) is 42.5 Å². The molecule has 0 spiro atoms. The van der Waals surface area contributed by atoms with Crippen molar-refractivity contribution in [3.8, 4) is 5.75 Å². The van der Waals surface area contributed by atoms with Crippen LogP contribution in [0.4, 0.5) is 10.5 Å². The zero-order chi connectivity index (χ0) is 17.9. The predicted octanol–water partition coefficient (Wildman–Crippen LogP) is 4.16. The second kappa shape index (κ2) is 10.4. The third-order valence-electron chi connectivity index (χ3n) is 3.88. The van der Waals surface area contributed by atoms with Crippen LogP contribution in [0, 0.1) is 0 Å². The fourth-order valence-corrected chi connectivity index (χ4v) is 2.55. The number of carbonyl (C=O) groups is 1. The number of ether oxygens (including phenoxy) is 2. The van der Waals surface area contributed by atoms with Crippen LogP contribution in [-0.2, 0) is 11.3 Å². The highest BCUT2D eigenvalue weighted by Gasteiger charge is 2.15. The number of benzene rings is 2. The van der Waals surface area contributed by atoms with E-state index in [-0.39, 0.29) is 6.03 Å². The number of unbranched alkanes of at least 4 members (excludes halogenated alkanes) is 1. The summed E-state index contributed by atoms with van der Waals surface area (Å²) in [5.41, 5.74) is 1.77. The predicted molar refractivity (Wildman–Crippen MR) is 100.0 cm³/mol. The Kier molecular flexibility index (Phi) is 7.79. The number of methoxy groups -OCH3 is 2. The number of nitrogens with zero attached hydrogens (tertiary/aromatic N) is 1. The molecule has 0 radical (unpaired) electrons. The van der Waals surface area contributed by atoms with Crippen molar-refractivity contribution >= 4 is 11.7 Å². The first-order chi connectivity index (χ1) is 12.2. The summed E-state index contributed by atoms with van der Waals surface area (Å²) in [4.78, 5) is 14.6. The second-order valence-corrected chi connectivity index (χ2v) is 5.74. The number of carbonyl (C=O) groups excluding carboxylic acids is 1.